The molecule has 3 unspecified atom stereocenters. The van der Waals surface area contributed by atoms with E-state index in [0.717, 1.165) is 19.5 Å². The van der Waals surface area contributed by atoms with Gasteiger partial charge in [0.15, 0.2) is 11.5 Å². The van der Waals surface area contributed by atoms with E-state index in [0.29, 0.717) is 17.5 Å². The van der Waals surface area contributed by atoms with Crippen LogP contribution in [0.2, 0.25) is 0 Å². The van der Waals surface area contributed by atoms with Crippen LogP contribution in [0.4, 0.5) is 0 Å². The van der Waals surface area contributed by atoms with E-state index in [4.69, 9.17) is 9.47 Å². The second-order valence-electron chi connectivity index (χ2n) is 7.94. The molecule has 1 saturated heterocycles. The molecule has 0 spiro atoms. The summed E-state index contributed by atoms with van der Waals surface area (Å²) in [5.74, 6) is 1.31. The van der Waals surface area contributed by atoms with E-state index in [9.17, 15) is 4.79 Å². The lowest BCUT2D eigenvalue weighted by atomic mass is 10.1. The van der Waals surface area contributed by atoms with Crippen molar-refractivity contribution in [3.63, 3.8) is 0 Å². The minimum absolute atomic E-state index is 0.0558. The second kappa shape index (κ2) is 7.87. The first kappa shape index (κ1) is 17.7. The van der Waals surface area contributed by atoms with E-state index in [1.54, 1.807) is 0 Å². The van der Waals surface area contributed by atoms with Crippen LogP contribution >= 0.6 is 0 Å². The van der Waals surface area contributed by atoms with Crippen LogP contribution in [0.25, 0.3) is 0 Å². The molecule has 0 radical (unpaired) electrons. The molecule has 2 fully saturated rings. The van der Waals surface area contributed by atoms with Gasteiger partial charge in [-0.15, -0.1) is 0 Å². The smallest absolute Gasteiger partial charge is 0.265 e. The van der Waals surface area contributed by atoms with Crippen molar-refractivity contribution in [2.75, 3.05) is 13.1 Å². The van der Waals surface area contributed by atoms with Gasteiger partial charge in [-0.1, -0.05) is 37.8 Å². The molecule has 2 aliphatic heterocycles. The molecule has 142 valence electrons. The molecule has 1 amide bonds. The Morgan fingerprint density at radius 1 is 1.04 bits per heavy atom. The molecule has 2 heterocycles. The van der Waals surface area contributed by atoms with E-state index in [1.165, 1.54) is 38.5 Å². The lowest BCUT2D eigenvalue weighted by Crippen LogP contribution is -2.52. The van der Waals surface area contributed by atoms with Crippen LogP contribution in [0.3, 0.4) is 0 Å². The van der Waals surface area contributed by atoms with Crippen molar-refractivity contribution in [1.29, 1.82) is 0 Å². The molecule has 0 bridgehead atoms. The second-order valence-corrected chi connectivity index (χ2v) is 7.94. The minimum Gasteiger partial charge on any atom is -0.482 e. The number of amides is 1. The molecule has 3 atom stereocenters. The van der Waals surface area contributed by atoms with Gasteiger partial charge in [-0.3, -0.25) is 9.69 Å². The monoisotopic (exact) mass is 358 g/mol. The number of carbonyl (C=O) groups is 1. The third kappa shape index (κ3) is 3.83. The molecule has 26 heavy (non-hydrogen) atoms. The zero-order chi connectivity index (χ0) is 17.9. The largest absolute Gasteiger partial charge is 0.482 e. The quantitative estimate of drug-likeness (QED) is 0.844. The van der Waals surface area contributed by atoms with Crippen LogP contribution in [0.5, 0.6) is 11.5 Å². The van der Waals surface area contributed by atoms with Crippen molar-refractivity contribution in [3.05, 3.63) is 24.3 Å². The maximum atomic E-state index is 12.8. The van der Waals surface area contributed by atoms with Gasteiger partial charge in [0.1, 0.15) is 6.10 Å². The summed E-state index contributed by atoms with van der Waals surface area (Å²) in [7, 11) is 0. The third-order valence-corrected chi connectivity index (χ3v) is 6.01. The van der Waals surface area contributed by atoms with Crippen molar-refractivity contribution in [3.8, 4) is 11.5 Å². The summed E-state index contributed by atoms with van der Waals surface area (Å²) >= 11 is 0. The first-order chi connectivity index (χ1) is 12.7. The number of benzene rings is 1. The molecule has 5 nitrogen and oxygen atoms in total. The standard InChI is InChI=1S/C21H30N2O3/c1-15-20(26-19-11-7-6-10-18(19)25-15)21(24)22-16-12-13-23(14-16)17-8-4-2-3-5-9-17/h6-7,10-11,15-17,20H,2-5,8-9,12-14H2,1H3,(H,22,24). The van der Waals surface area contributed by atoms with E-state index in [1.807, 2.05) is 31.2 Å². The number of hydrogen-bond donors (Lipinski definition) is 1. The molecule has 0 aromatic heterocycles. The van der Waals surface area contributed by atoms with Crippen LogP contribution in [0.1, 0.15) is 51.9 Å². The molecule has 1 aliphatic carbocycles. The number of likely N-dealkylation sites (tertiary alicyclic amines) is 1. The topological polar surface area (TPSA) is 50.8 Å². The fourth-order valence-electron chi connectivity index (χ4n) is 4.55. The zero-order valence-corrected chi connectivity index (χ0v) is 15.7. The van der Waals surface area contributed by atoms with Gasteiger partial charge in [0, 0.05) is 25.2 Å². The van der Waals surface area contributed by atoms with Crippen molar-refractivity contribution in [1.82, 2.24) is 10.2 Å². The average Bonchev–Trinajstić information content (AvgIpc) is 2.93. The third-order valence-electron chi connectivity index (χ3n) is 6.01. The van der Waals surface area contributed by atoms with E-state index in [-0.39, 0.29) is 18.1 Å². The number of hydrogen-bond acceptors (Lipinski definition) is 4. The summed E-state index contributed by atoms with van der Waals surface area (Å²) in [5, 5.41) is 3.21. The fraction of sp³-hybridized carbons (Fsp3) is 0.667. The highest BCUT2D eigenvalue weighted by Crippen LogP contribution is 2.33. The molecule has 1 aromatic carbocycles. The molecule has 5 heteroatoms. The number of fused-ring (bicyclic) bond motifs is 1. The summed E-state index contributed by atoms with van der Waals surface area (Å²) in [4.78, 5) is 15.4. The summed E-state index contributed by atoms with van der Waals surface area (Å²) in [6, 6.07) is 8.47. The summed E-state index contributed by atoms with van der Waals surface area (Å²) in [6.45, 7) is 3.96. The van der Waals surface area contributed by atoms with Crippen molar-refractivity contribution < 1.29 is 14.3 Å². The molecule has 1 saturated carbocycles. The van der Waals surface area contributed by atoms with Crippen LogP contribution in [0, 0.1) is 0 Å². The predicted octanol–water partition coefficient (Wildman–Crippen LogP) is 3.13. The van der Waals surface area contributed by atoms with E-state index in [2.05, 4.69) is 10.2 Å². The number of nitrogens with zero attached hydrogens (tertiary/aromatic N) is 1. The Morgan fingerprint density at radius 3 is 2.46 bits per heavy atom. The summed E-state index contributed by atoms with van der Waals surface area (Å²) in [6.07, 6.45) is 8.24. The minimum atomic E-state index is -0.586. The Hall–Kier alpha value is -1.75. The highest BCUT2D eigenvalue weighted by Gasteiger charge is 2.36. The maximum absolute atomic E-state index is 12.8. The average molecular weight is 358 g/mol. The fourth-order valence-corrected chi connectivity index (χ4v) is 4.55. The van der Waals surface area contributed by atoms with Crippen molar-refractivity contribution in [2.45, 2.75) is 76.2 Å². The molecule has 1 N–H and O–H groups in total. The Bertz CT molecular complexity index is 627. The molecule has 4 rings (SSSR count). The lowest BCUT2D eigenvalue weighted by molar-refractivity contribution is -0.134. The molecule has 3 aliphatic rings. The van der Waals surface area contributed by atoms with Gasteiger partial charge in [0.2, 0.25) is 6.10 Å². The van der Waals surface area contributed by atoms with Gasteiger partial charge < -0.3 is 14.8 Å². The van der Waals surface area contributed by atoms with Gasteiger partial charge >= 0.3 is 0 Å². The van der Waals surface area contributed by atoms with Gasteiger partial charge in [0.05, 0.1) is 0 Å². The van der Waals surface area contributed by atoms with Gasteiger partial charge in [0.25, 0.3) is 5.91 Å². The number of carbonyl (C=O) groups excluding carboxylic acids is 1. The van der Waals surface area contributed by atoms with Gasteiger partial charge in [-0.05, 0) is 38.3 Å². The highest BCUT2D eigenvalue weighted by atomic mass is 16.6. The number of rotatable bonds is 3. The number of ether oxygens (including phenoxy) is 2. The van der Waals surface area contributed by atoms with Gasteiger partial charge in [-0.2, -0.15) is 0 Å². The molecular formula is C21H30N2O3. The van der Waals surface area contributed by atoms with Crippen LogP contribution in [-0.2, 0) is 4.79 Å². The Kier molecular flexibility index (Phi) is 5.34. The molecular weight excluding hydrogens is 328 g/mol. The zero-order valence-electron chi connectivity index (χ0n) is 15.7. The predicted molar refractivity (Wildman–Crippen MR) is 101 cm³/mol. The SMILES string of the molecule is CC1Oc2ccccc2OC1C(=O)NC1CCN(C2CCCCCC2)C1. The van der Waals surface area contributed by atoms with Crippen LogP contribution in [-0.4, -0.2) is 48.2 Å². The maximum Gasteiger partial charge on any atom is 0.265 e. The number of para-hydroxylation sites is 2. The van der Waals surface area contributed by atoms with Crippen molar-refractivity contribution in [2.24, 2.45) is 0 Å². The van der Waals surface area contributed by atoms with Crippen LogP contribution < -0.4 is 14.8 Å². The summed E-state index contributed by atoms with van der Waals surface area (Å²) < 4.78 is 11.8. The van der Waals surface area contributed by atoms with Crippen LogP contribution in [0.15, 0.2) is 24.3 Å². The Labute approximate surface area is 156 Å². The van der Waals surface area contributed by atoms with Crippen molar-refractivity contribution >= 4 is 5.91 Å². The number of nitrogens with one attached hydrogen (secondary N) is 1. The normalized spacial score (nSPS) is 30.0. The first-order valence-corrected chi connectivity index (χ1v) is 10.2. The Morgan fingerprint density at radius 2 is 1.73 bits per heavy atom. The first-order valence-electron chi connectivity index (χ1n) is 10.2. The lowest BCUT2D eigenvalue weighted by Gasteiger charge is -2.32. The summed E-state index contributed by atoms with van der Waals surface area (Å²) in [5.41, 5.74) is 0. The Balaban J connectivity index is 1.32. The van der Waals surface area contributed by atoms with Gasteiger partial charge in [-0.25, -0.2) is 0 Å². The van der Waals surface area contributed by atoms with E-state index < -0.39 is 6.10 Å². The highest BCUT2D eigenvalue weighted by molar-refractivity contribution is 5.82. The van der Waals surface area contributed by atoms with E-state index >= 15 is 0 Å². The molecule has 1 aromatic rings.